The number of nitrogens with one attached hydrogen (secondary N) is 2. The Balaban J connectivity index is 1.26. The fraction of sp³-hybridized carbons (Fsp3) is 0.444. The molecule has 2 atom stereocenters. The van der Waals surface area contributed by atoms with Crippen molar-refractivity contribution in [2.45, 2.75) is 44.2 Å². The van der Waals surface area contributed by atoms with Gasteiger partial charge < -0.3 is 20.2 Å². The van der Waals surface area contributed by atoms with Crippen LogP contribution in [0.2, 0.25) is 0 Å². The van der Waals surface area contributed by atoms with E-state index < -0.39 is 17.4 Å². The minimum absolute atomic E-state index is 0.230. The summed E-state index contributed by atoms with van der Waals surface area (Å²) in [4.78, 5) is 39.4. The maximum atomic E-state index is 13.5. The molecular weight excluding hydrogens is 502 g/mol. The van der Waals surface area contributed by atoms with Crippen LogP contribution < -0.4 is 5.32 Å². The number of amides is 2. The molecule has 0 saturated carbocycles. The predicted octanol–water partition coefficient (Wildman–Crippen LogP) is 3.42. The van der Waals surface area contributed by atoms with Gasteiger partial charge in [0, 0.05) is 31.2 Å². The number of carbonyl (C=O) groups is 2. The highest BCUT2D eigenvalue weighted by Gasteiger charge is 2.37. The normalized spacial score (nSPS) is 22.1. The first kappa shape index (κ1) is 24.9. The lowest BCUT2D eigenvalue weighted by Crippen LogP contribution is -2.46. The Labute approximate surface area is 224 Å². The molecule has 6 rings (SSSR count). The summed E-state index contributed by atoms with van der Waals surface area (Å²) < 4.78 is 1.01. The van der Waals surface area contributed by atoms with E-state index >= 15 is 0 Å². The number of carbonyl (C=O) groups excluding carboxylic acids is 2. The number of hydrogen-bond acceptors (Lipinski definition) is 8. The molecule has 0 bridgehead atoms. The molecule has 0 spiro atoms. The van der Waals surface area contributed by atoms with Gasteiger partial charge >= 0.3 is 11.8 Å². The Morgan fingerprint density at radius 1 is 1.18 bits per heavy atom. The van der Waals surface area contributed by atoms with Crippen LogP contribution in [-0.4, -0.2) is 73.6 Å². The van der Waals surface area contributed by atoms with Gasteiger partial charge in [0.25, 0.3) is 0 Å². The first-order valence-electron chi connectivity index (χ1n) is 13.0. The molecule has 3 N–H and O–H groups in total. The number of rotatable bonds is 3. The summed E-state index contributed by atoms with van der Waals surface area (Å²) in [6, 6.07) is 5.83. The standard InChI is InChI=1S/C27H31N7O3S/c1-16-3-5-21(34(15-16)25(36)24(35)30-20-14-28-12-18-13-29-32-23(18)20)17-4-6-22-19(11-17)31-26(38-22)27(37)7-9-33(2)10-8-27/h4,6,11-14,16,21,37H,3,5,7-10,15H2,1-2H3,(H,29,32)(H,30,35)/t16-,21+/m0/s1. The number of likely N-dealkylation sites (tertiary alicyclic amines) is 2. The van der Waals surface area contributed by atoms with Crippen LogP contribution in [0.3, 0.4) is 0 Å². The van der Waals surface area contributed by atoms with E-state index in [1.165, 1.54) is 17.5 Å². The quantitative estimate of drug-likeness (QED) is 0.344. The van der Waals surface area contributed by atoms with Gasteiger partial charge in [-0.1, -0.05) is 13.0 Å². The van der Waals surface area contributed by atoms with Gasteiger partial charge in [-0.25, -0.2) is 4.98 Å². The molecule has 2 saturated heterocycles. The maximum Gasteiger partial charge on any atom is 0.314 e. The van der Waals surface area contributed by atoms with Gasteiger partial charge in [0.1, 0.15) is 10.6 Å². The first-order valence-corrected chi connectivity index (χ1v) is 13.8. The lowest BCUT2D eigenvalue weighted by molar-refractivity contribution is -0.146. The number of H-pyrrole nitrogens is 1. The molecule has 2 aliphatic rings. The summed E-state index contributed by atoms with van der Waals surface area (Å²) in [6.07, 6.45) is 7.81. The summed E-state index contributed by atoms with van der Waals surface area (Å²) in [5, 5.41) is 22.3. The van der Waals surface area contributed by atoms with Gasteiger partial charge in [-0.2, -0.15) is 5.10 Å². The maximum absolute atomic E-state index is 13.5. The Morgan fingerprint density at radius 2 is 2.00 bits per heavy atom. The van der Waals surface area contributed by atoms with E-state index in [9.17, 15) is 14.7 Å². The molecule has 4 aromatic rings. The Hall–Kier alpha value is -3.41. The Bertz CT molecular complexity index is 1510. The average molecular weight is 534 g/mol. The van der Waals surface area contributed by atoms with E-state index in [2.05, 4.69) is 39.4 Å². The van der Waals surface area contributed by atoms with Gasteiger partial charge in [0.2, 0.25) is 0 Å². The fourth-order valence-corrected chi connectivity index (χ4v) is 6.64. The third kappa shape index (κ3) is 4.55. The van der Waals surface area contributed by atoms with Gasteiger partial charge in [0.15, 0.2) is 0 Å². The number of anilines is 1. The molecular formula is C27H31N7O3S. The smallest absolute Gasteiger partial charge is 0.314 e. The van der Waals surface area contributed by atoms with E-state index in [1.54, 1.807) is 17.3 Å². The van der Waals surface area contributed by atoms with Crippen molar-refractivity contribution in [2.24, 2.45) is 5.92 Å². The zero-order valence-electron chi connectivity index (χ0n) is 21.5. The van der Waals surface area contributed by atoms with Crippen molar-refractivity contribution in [1.29, 1.82) is 0 Å². The number of hydrogen-bond donors (Lipinski definition) is 3. The lowest BCUT2D eigenvalue weighted by atomic mass is 9.89. The van der Waals surface area contributed by atoms with Crippen molar-refractivity contribution >= 4 is 50.0 Å². The van der Waals surface area contributed by atoms with Crippen LogP contribution in [0.1, 0.15) is 49.2 Å². The molecule has 2 amide bonds. The SMILES string of the molecule is C[C@H]1CC[C@H](c2ccc3sc(C4(O)CCN(C)CC4)nc3c2)N(C(=O)C(=O)Nc2cncc3cn[nH]c23)C1. The summed E-state index contributed by atoms with van der Waals surface area (Å²) in [6.45, 7) is 4.27. The minimum Gasteiger partial charge on any atom is -0.383 e. The largest absolute Gasteiger partial charge is 0.383 e. The fourth-order valence-electron chi connectivity index (χ4n) is 5.54. The van der Waals surface area contributed by atoms with E-state index in [-0.39, 0.29) is 12.0 Å². The van der Waals surface area contributed by atoms with Crippen molar-refractivity contribution in [2.75, 3.05) is 32.0 Å². The van der Waals surface area contributed by atoms with Gasteiger partial charge in [-0.15, -0.1) is 11.3 Å². The molecule has 10 nitrogen and oxygen atoms in total. The molecule has 0 radical (unpaired) electrons. The van der Waals surface area contributed by atoms with Gasteiger partial charge in [-0.3, -0.25) is 19.7 Å². The summed E-state index contributed by atoms with van der Waals surface area (Å²) in [7, 11) is 2.07. The zero-order valence-corrected chi connectivity index (χ0v) is 22.3. The van der Waals surface area contributed by atoms with Crippen LogP contribution in [-0.2, 0) is 15.2 Å². The van der Waals surface area contributed by atoms with E-state index in [4.69, 9.17) is 4.98 Å². The first-order chi connectivity index (χ1) is 18.3. The zero-order chi connectivity index (χ0) is 26.4. The molecule has 0 unspecified atom stereocenters. The monoisotopic (exact) mass is 533 g/mol. The number of nitrogens with zero attached hydrogens (tertiary/aromatic N) is 5. The topological polar surface area (TPSA) is 127 Å². The second kappa shape index (κ2) is 9.72. The number of benzene rings is 1. The highest BCUT2D eigenvalue weighted by Crippen LogP contribution is 2.39. The number of piperidine rings is 2. The van der Waals surface area contributed by atoms with E-state index in [1.807, 2.05) is 18.2 Å². The van der Waals surface area contributed by atoms with Crippen LogP contribution in [0.25, 0.3) is 21.1 Å². The predicted molar refractivity (Wildman–Crippen MR) is 146 cm³/mol. The van der Waals surface area contributed by atoms with Crippen LogP contribution in [0.5, 0.6) is 0 Å². The Morgan fingerprint density at radius 3 is 2.82 bits per heavy atom. The molecule has 2 aliphatic heterocycles. The van der Waals surface area contributed by atoms with Crippen molar-refractivity contribution < 1.29 is 14.7 Å². The lowest BCUT2D eigenvalue weighted by Gasteiger charge is -2.38. The third-order valence-electron chi connectivity index (χ3n) is 7.88. The van der Waals surface area contributed by atoms with Crippen molar-refractivity contribution in [3.8, 4) is 0 Å². The number of aliphatic hydroxyl groups is 1. The molecule has 11 heteroatoms. The van der Waals surface area contributed by atoms with E-state index in [0.29, 0.717) is 30.6 Å². The summed E-state index contributed by atoms with van der Waals surface area (Å²) in [5.74, 6) is -0.985. The molecule has 0 aliphatic carbocycles. The van der Waals surface area contributed by atoms with Crippen molar-refractivity contribution in [3.63, 3.8) is 0 Å². The van der Waals surface area contributed by atoms with E-state index in [0.717, 1.165) is 52.1 Å². The molecule has 38 heavy (non-hydrogen) atoms. The summed E-state index contributed by atoms with van der Waals surface area (Å²) >= 11 is 1.54. The number of fused-ring (bicyclic) bond motifs is 2. The average Bonchev–Trinajstić information content (AvgIpc) is 3.58. The highest BCUT2D eigenvalue weighted by atomic mass is 32.1. The number of pyridine rings is 1. The second-order valence-electron chi connectivity index (χ2n) is 10.7. The number of aromatic amines is 1. The molecule has 1 aromatic carbocycles. The van der Waals surface area contributed by atoms with Gasteiger partial charge in [-0.05, 0) is 56.3 Å². The summed E-state index contributed by atoms with van der Waals surface area (Å²) in [5.41, 5.74) is 1.92. The van der Waals surface area contributed by atoms with Crippen molar-refractivity contribution in [3.05, 3.63) is 47.4 Å². The molecule has 198 valence electrons. The number of thiazole rings is 1. The van der Waals surface area contributed by atoms with Gasteiger partial charge in [0.05, 0.1) is 39.9 Å². The van der Waals surface area contributed by atoms with Crippen LogP contribution >= 0.6 is 11.3 Å². The van der Waals surface area contributed by atoms with Crippen LogP contribution in [0.15, 0.2) is 36.8 Å². The van der Waals surface area contributed by atoms with Crippen molar-refractivity contribution in [1.82, 2.24) is 30.0 Å². The minimum atomic E-state index is -0.900. The van der Waals surface area contributed by atoms with Crippen LogP contribution in [0, 0.1) is 5.92 Å². The Kier molecular flexibility index (Phi) is 6.37. The second-order valence-corrected chi connectivity index (χ2v) is 11.7. The molecule has 2 fully saturated rings. The number of aromatic nitrogens is 4. The van der Waals surface area contributed by atoms with Crippen LogP contribution in [0.4, 0.5) is 5.69 Å². The molecule has 3 aromatic heterocycles. The third-order valence-corrected chi connectivity index (χ3v) is 9.11. The molecule has 5 heterocycles. The highest BCUT2D eigenvalue weighted by molar-refractivity contribution is 7.18.